The second-order valence-corrected chi connectivity index (χ2v) is 4.47. The van der Waals surface area contributed by atoms with Crippen LogP contribution in [0.15, 0.2) is 69.6 Å². The standard InChI is InChI=1S/C15H12N4O3/c20-12-9-5-4-8-11(12)16-17-13-14(21)18-19(15(13)22)10-6-2-1-3-7-10/h1-9,20,22H,(H,18,21). The second-order valence-electron chi connectivity index (χ2n) is 4.47. The molecule has 7 heteroatoms. The fraction of sp³-hybridized carbons (Fsp3) is 0. The van der Waals surface area contributed by atoms with Gasteiger partial charge in [-0.25, -0.2) is 4.68 Å². The number of hydrogen-bond acceptors (Lipinski definition) is 5. The monoisotopic (exact) mass is 296 g/mol. The Morgan fingerprint density at radius 2 is 1.59 bits per heavy atom. The van der Waals surface area contributed by atoms with Gasteiger partial charge in [0.1, 0.15) is 11.4 Å². The fourth-order valence-corrected chi connectivity index (χ4v) is 1.92. The lowest BCUT2D eigenvalue weighted by atomic mass is 10.3. The van der Waals surface area contributed by atoms with Gasteiger partial charge in [0.05, 0.1) is 5.69 Å². The minimum absolute atomic E-state index is 0.0651. The van der Waals surface area contributed by atoms with Crippen molar-refractivity contribution < 1.29 is 10.2 Å². The van der Waals surface area contributed by atoms with Gasteiger partial charge in [0.25, 0.3) is 5.56 Å². The Bertz CT molecular complexity index is 881. The summed E-state index contributed by atoms with van der Waals surface area (Å²) in [5.74, 6) is -0.417. The van der Waals surface area contributed by atoms with Crippen LogP contribution in [0.5, 0.6) is 11.6 Å². The number of rotatable bonds is 3. The number of aromatic nitrogens is 2. The van der Waals surface area contributed by atoms with Gasteiger partial charge in [0.15, 0.2) is 0 Å². The molecular formula is C15H12N4O3. The molecule has 0 aliphatic rings. The summed E-state index contributed by atoms with van der Waals surface area (Å²) in [7, 11) is 0. The van der Waals surface area contributed by atoms with E-state index in [9.17, 15) is 15.0 Å². The molecule has 0 atom stereocenters. The first-order chi connectivity index (χ1) is 10.7. The number of hydrogen-bond donors (Lipinski definition) is 3. The van der Waals surface area contributed by atoms with Crippen LogP contribution in [-0.4, -0.2) is 20.0 Å². The topological polar surface area (TPSA) is 103 Å². The van der Waals surface area contributed by atoms with Crippen molar-refractivity contribution in [3.05, 3.63) is 65.0 Å². The number of aromatic hydroxyl groups is 2. The maximum Gasteiger partial charge on any atom is 0.296 e. The van der Waals surface area contributed by atoms with E-state index >= 15 is 0 Å². The number of nitrogens with zero attached hydrogens (tertiary/aromatic N) is 3. The highest BCUT2D eigenvalue weighted by Crippen LogP contribution is 2.29. The first-order valence-electron chi connectivity index (χ1n) is 6.46. The van der Waals surface area contributed by atoms with E-state index < -0.39 is 5.56 Å². The van der Waals surface area contributed by atoms with Crippen LogP contribution in [0.2, 0.25) is 0 Å². The molecule has 0 unspecified atom stereocenters. The number of azo groups is 1. The Kier molecular flexibility index (Phi) is 3.45. The van der Waals surface area contributed by atoms with Gasteiger partial charge in [0.2, 0.25) is 11.6 Å². The number of phenols is 1. The predicted octanol–water partition coefficient (Wildman–Crippen LogP) is 2.99. The van der Waals surface area contributed by atoms with Crippen LogP contribution >= 0.6 is 0 Å². The molecule has 0 bridgehead atoms. The quantitative estimate of drug-likeness (QED) is 0.647. The van der Waals surface area contributed by atoms with Crippen molar-refractivity contribution >= 4 is 11.4 Å². The Hall–Kier alpha value is -3.35. The lowest BCUT2D eigenvalue weighted by molar-refractivity contribution is 0.434. The third-order valence-electron chi connectivity index (χ3n) is 3.01. The molecule has 3 N–H and O–H groups in total. The smallest absolute Gasteiger partial charge is 0.296 e. The molecule has 0 saturated carbocycles. The third-order valence-corrected chi connectivity index (χ3v) is 3.01. The van der Waals surface area contributed by atoms with Crippen LogP contribution in [0.1, 0.15) is 0 Å². The van der Waals surface area contributed by atoms with E-state index in [-0.39, 0.29) is 23.0 Å². The van der Waals surface area contributed by atoms with E-state index in [1.807, 2.05) is 6.07 Å². The maximum absolute atomic E-state index is 11.9. The van der Waals surface area contributed by atoms with Crippen molar-refractivity contribution in [3.8, 4) is 17.3 Å². The van der Waals surface area contributed by atoms with Gasteiger partial charge >= 0.3 is 0 Å². The van der Waals surface area contributed by atoms with E-state index in [1.165, 1.54) is 16.8 Å². The second kappa shape index (κ2) is 5.57. The number of benzene rings is 2. The summed E-state index contributed by atoms with van der Waals surface area (Å²) >= 11 is 0. The van der Waals surface area contributed by atoms with Gasteiger partial charge in [-0.3, -0.25) is 9.89 Å². The summed E-state index contributed by atoms with van der Waals surface area (Å²) < 4.78 is 1.21. The zero-order valence-electron chi connectivity index (χ0n) is 11.3. The molecule has 7 nitrogen and oxygen atoms in total. The van der Waals surface area contributed by atoms with Crippen LogP contribution in [-0.2, 0) is 0 Å². The van der Waals surface area contributed by atoms with E-state index in [2.05, 4.69) is 15.3 Å². The molecule has 0 saturated heterocycles. The average molecular weight is 296 g/mol. The molecule has 0 spiro atoms. The van der Waals surface area contributed by atoms with Gasteiger partial charge < -0.3 is 10.2 Å². The van der Waals surface area contributed by atoms with Crippen LogP contribution in [0, 0.1) is 0 Å². The molecular weight excluding hydrogens is 284 g/mol. The van der Waals surface area contributed by atoms with Crippen LogP contribution < -0.4 is 5.56 Å². The van der Waals surface area contributed by atoms with Gasteiger partial charge in [-0.15, -0.1) is 10.2 Å². The number of nitrogens with one attached hydrogen (secondary N) is 1. The van der Waals surface area contributed by atoms with Gasteiger partial charge in [-0.2, -0.15) is 0 Å². The number of para-hydroxylation sites is 2. The van der Waals surface area contributed by atoms with Gasteiger partial charge in [-0.1, -0.05) is 30.3 Å². The Morgan fingerprint density at radius 1 is 0.909 bits per heavy atom. The van der Waals surface area contributed by atoms with Crippen LogP contribution in [0.4, 0.5) is 11.4 Å². The number of H-pyrrole nitrogens is 1. The summed E-state index contributed by atoms with van der Waals surface area (Å²) in [4.78, 5) is 11.9. The average Bonchev–Trinajstić information content (AvgIpc) is 2.82. The van der Waals surface area contributed by atoms with Gasteiger partial charge in [-0.05, 0) is 24.3 Å². The maximum atomic E-state index is 11.9. The SMILES string of the molecule is O=c1[nH]n(-c2ccccc2)c(O)c1N=Nc1ccccc1O. The van der Waals surface area contributed by atoms with Crippen LogP contribution in [0.25, 0.3) is 5.69 Å². The zero-order valence-corrected chi connectivity index (χ0v) is 11.3. The highest BCUT2D eigenvalue weighted by Gasteiger charge is 2.14. The first kappa shape index (κ1) is 13.6. The Morgan fingerprint density at radius 3 is 2.32 bits per heavy atom. The molecule has 3 aromatic rings. The van der Waals surface area contributed by atoms with E-state index in [0.717, 1.165) is 0 Å². The molecule has 0 aliphatic heterocycles. The van der Waals surface area contributed by atoms with E-state index in [1.54, 1.807) is 36.4 Å². The third kappa shape index (κ3) is 2.47. The van der Waals surface area contributed by atoms with Crippen molar-refractivity contribution in [1.82, 2.24) is 9.78 Å². The van der Waals surface area contributed by atoms with Crippen molar-refractivity contribution in [1.29, 1.82) is 0 Å². The molecule has 1 aromatic heterocycles. The predicted molar refractivity (Wildman–Crippen MR) is 80.3 cm³/mol. The molecule has 110 valence electrons. The summed E-state index contributed by atoms with van der Waals surface area (Å²) in [6.07, 6.45) is 0. The van der Waals surface area contributed by atoms with Crippen LogP contribution in [0.3, 0.4) is 0 Å². The first-order valence-corrected chi connectivity index (χ1v) is 6.46. The summed E-state index contributed by atoms with van der Waals surface area (Å²) in [5.41, 5.74) is -0.0255. The lowest BCUT2D eigenvalue weighted by Crippen LogP contribution is -2.03. The summed E-state index contributed by atoms with van der Waals surface area (Å²) in [5, 5.41) is 29.7. The summed E-state index contributed by atoms with van der Waals surface area (Å²) in [6.45, 7) is 0. The Labute approximate surface area is 124 Å². The van der Waals surface area contributed by atoms with E-state index in [4.69, 9.17) is 0 Å². The largest absolute Gasteiger partial charge is 0.506 e. The summed E-state index contributed by atoms with van der Waals surface area (Å²) in [6, 6.07) is 15.1. The van der Waals surface area contributed by atoms with E-state index in [0.29, 0.717) is 5.69 Å². The normalized spacial score (nSPS) is 11.1. The molecule has 1 heterocycles. The van der Waals surface area contributed by atoms with Crippen molar-refractivity contribution in [3.63, 3.8) is 0 Å². The van der Waals surface area contributed by atoms with Crippen molar-refractivity contribution in [2.45, 2.75) is 0 Å². The fourth-order valence-electron chi connectivity index (χ4n) is 1.92. The zero-order chi connectivity index (χ0) is 15.5. The minimum Gasteiger partial charge on any atom is -0.506 e. The molecule has 0 fully saturated rings. The molecule has 0 aliphatic carbocycles. The molecule has 0 amide bonds. The van der Waals surface area contributed by atoms with Crippen molar-refractivity contribution in [2.24, 2.45) is 10.2 Å². The van der Waals surface area contributed by atoms with Crippen molar-refractivity contribution in [2.75, 3.05) is 0 Å². The Balaban J connectivity index is 2.01. The number of aromatic amines is 1. The van der Waals surface area contributed by atoms with Gasteiger partial charge in [0, 0.05) is 0 Å². The number of phenolic OH excluding ortho intramolecular Hbond substituents is 1. The highest BCUT2D eigenvalue weighted by molar-refractivity contribution is 5.52. The highest BCUT2D eigenvalue weighted by atomic mass is 16.3. The minimum atomic E-state index is -0.583. The molecule has 22 heavy (non-hydrogen) atoms. The molecule has 0 radical (unpaired) electrons. The lowest BCUT2D eigenvalue weighted by Gasteiger charge is -2.02. The molecule has 2 aromatic carbocycles. The molecule has 3 rings (SSSR count).